The summed E-state index contributed by atoms with van der Waals surface area (Å²) in [5, 5.41) is 5.59. The molecular formula is C31H51N3O6. The third-order valence-electron chi connectivity index (χ3n) is 6.19. The standard InChI is InChI=1S/C31H51N3O6/c1-10-12-13-14-17-34(29(37)26(21(3)4)33-30(38)40-31(7,8)9)27(24-19-22(5)18-23(6)20-24)28(36)32-16-15-25(35)39-11-2/h18-21,26-27H,10-17H2,1-9H3,(H,32,36)(H,33,38). The molecule has 1 aromatic carbocycles. The predicted octanol–water partition coefficient (Wildman–Crippen LogP) is 5.37. The van der Waals surface area contributed by atoms with Gasteiger partial charge in [-0.2, -0.15) is 0 Å². The molecule has 0 spiro atoms. The van der Waals surface area contributed by atoms with Crippen molar-refractivity contribution in [1.29, 1.82) is 0 Å². The minimum Gasteiger partial charge on any atom is -0.466 e. The van der Waals surface area contributed by atoms with Crippen LogP contribution in [0, 0.1) is 19.8 Å². The summed E-state index contributed by atoms with van der Waals surface area (Å²) in [6.45, 7) is 17.4. The van der Waals surface area contributed by atoms with Crippen LogP contribution in [0.25, 0.3) is 0 Å². The Morgan fingerprint density at radius 2 is 1.57 bits per heavy atom. The van der Waals surface area contributed by atoms with E-state index in [2.05, 4.69) is 17.6 Å². The van der Waals surface area contributed by atoms with Gasteiger partial charge in [0.1, 0.15) is 17.7 Å². The average molecular weight is 562 g/mol. The van der Waals surface area contributed by atoms with Gasteiger partial charge in [0, 0.05) is 13.1 Å². The summed E-state index contributed by atoms with van der Waals surface area (Å²) >= 11 is 0. The Morgan fingerprint density at radius 1 is 0.950 bits per heavy atom. The number of ether oxygens (including phenoxy) is 2. The molecule has 0 saturated heterocycles. The number of amides is 3. The van der Waals surface area contributed by atoms with Gasteiger partial charge < -0.3 is 25.0 Å². The van der Waals surface area contributed by atoms with Gasteiger partial charge in [-0.05, 0) is 59.4 Å². The molecule has 0 radical (unpaired) electrons. The zero-order chi connectivity index (χ0) is 30.5. The molecule has 40 heavy (non-hydrogen) atoms. The first-order valence-corrected chi connectivity index (χ1v) is 14.5. The van der Waals surface area contributed by atoms with Gasteiger partial charge in [-0.25, -0.2) is 4.79 Å². The molecule has 2 atom stereocenters. The van der Waals surface area contributed by atoms with Crippen LogP contribution in [0.3, 0.4) is 0 Å². The molecule has 0 aromatic heterocycles. The fourth-order valence-electron chi connectivity index (χ4n) is 4.46. The number of carbonyl (C=O) groups is 4. The van der Waals surface area contributed by atoms with E-state index in [4.69, 9.17) is 9.47 Å². The van der Waals surface area contributed by atoms with Crippen molar-refractivity contribution >= 4 is 23.9 Å². The van der Waals surface area contributed by atoms with Gasteiger partial charge in [-0.1, -0.05) is 69.4 Å². The predicted molar refractivity (Wildman–Crippen MR) is 157 cm³/mol. The van der Waals surface area contributed by atoms with E-state index in [-0.39, 0.29) is 31.4 Å². The third kappa shape index (κ3) is 12.4. The van der Waals surface area contributed by atoms with E-state index in [1.54, 1.807) is 32.6 Å². The molecule has 0 aliphatic rings. The second kappa shape index (κ2) is 16.9. The number of hydrogen-bond donors (Lipinski definition) is 2. The summed E-state index contributed by atoms with van der Waals surface area (Å²) in [4.78, 5) is 54.1. The van der Waals surface area contributed by atoms with E-state index in [0.717, 1.165) is 30.4 Å². The minimum atomic E-state index is -0.948. The van der Waals surface area contributed by atoms with Gasteiger partial charge >= 0.3 is 12.1 Å². The first kappa shape index (κ1) is 34.9. The maximum atomic E-state index is 14.2. The molecule has 2 unspecified atom stereocenters. The van der Waals surface area contributed by atoms with Crippen LogP contribution in [-0.4, -0.2) is 60.1 Å². The summed E-state index contributed by atoms with van der Waals surface area (Å²) < 4.78 is 10.4. The van der Waals surface area contributed by atoms with E-state index in [1.807, 2.05) is 45.9 Å². The number of unbranched alkanes of at least 4 members (excludes halogenated alkanes) is 3. The number of esters is 1. The molecule has 0 aliphatic heterocycles. The van der Waals surface area contributed by atoms with Gasteiger partial charge in [0.2, 0.25) is 11.8 Å². The largest absolute Gasteiger partial charge is 0.466 e. The molecule has 3 amide bonds. The highest BCUT2D eigenvalue weighted by atomic mass is 16.6. The van der Waals surface area contributed by atoms with Crippen LogP contribution >= 0.6 is 0 Å². The number of nitrogens with one attached hydrogen (secondary N) is 2. The molecule has 0 aliphatic carbocycles. The van der Waals surface area contributed by atoms with Crippen LogP contribution in [0.5, 0.6) is 0 Å². The maximum Gasteiger partial charge on any atom is 0.408 e. The Bertz CT molecular complexity index is 966. The van der Waals surface area contributed by atoms with Crippen molar-refractivity contribution in [1.82, 2.24) is 15.5 Å². The Balaban J connectivity index is 3.48. The fraction of sp³-hybridized carbons (Fsp3) is 0.677. The lowest BCUT2D eigenvalue weighted by atomic mass is 9.96. The molecule has 1 aromatic rings. The van der Waals surface area contributed by atoms with Crippen molar-refractivity contribution < 1.29 is 28.7 Å². The van der Waals surface area contributed by atoms with Crippen LogP contribution in [0.15, 0.2) is 18.2 Å². The summed E-state index contributed by atoms with van der Waals surface area (Å²) in [6, 6.07) is 3.97. The summed E-state index contributed by atoms with van der Waals surface area (Å²) in [5.74, 6) is -1.41. The summed E-state index contributed by atoms with van der Waals surface area (Å²) in [7, 11) is 0. The fourth-order valence-corrected chi connectivity index (χ4v) is 4.46. The topological polar surface area (TPSA) is 114 Å². The van der Waals surface area contributed by atoms with Gasteiger partial charge in [-0.15, -0.1) is 0 Å². The van der Waals surface area contributed by atoms with Gasteiger partial charge in [0.05, 0.1) is 13.0 Å². The Hall–Kier alpha value is -3.10. The highest BCUT2D eigenvalue weighted by Gasteiger charge is 2.37. The zero-order valence-electron chi connectivity index (χ0n) is 26.0. The first-order valence-electron chi connectivity index (χ1n) is 14.5. The average Bonchev–Trinajstić information content (AvgIpc) is 2.82. The van der Waals surface area contributed by atoms with E-state index in [1.165, 1.54) is 0 Å². The number of rotatable bonds is 15. The Kier molecular flexibility index (Phi) is 14.7. The van der Waals surface area contributed by atoms with Gasteiger partial charge in [-0.3, -0.25) is 14.4 Å². The number of aryl methyl sites for hydroxylation is 2. The van der Waals surface area contributed by atoms with Crippen LogP contribution in [0.1, 0.15) is 103 Å². The molecule has 2 N–H and O–H groups in total. The maximum absolute atomic E-state index is 14.2. The lowest BCUT2D eigenvalue weighted by Gasteiger charge is -2.36. The molecule has 0 bridgehead atoms. The Morgan fingerprint density at radius 3 is 2.10 bits per heavy atom. The van der Waals surface area contributed by atoms with E-state index >= 15 is 0 Å². The molecule has 9 heteroatoms. The van der Waals surface area contributed by atoms with Crippen molar-refractivity contribution in [3.63, 3.8) is 0 Å². The van der Waals surface area contributed by atoms with Crippen molar-refractivity contribution in [2.75, 3.05) is 19.7 Å². The Labute approximate surface area is 240 Å². The third-order valence-corrected chi connectivity index (χ3v) is 6.19. The lowest BCUT2D eigenvalue weighted by molar-refractivity contribution is -0.144. The molecule has 9 nitrogen and oxygen atoms in total. The highest BCUT2D eigenvalue weighted by Crippen LogP contribution is 2.27. The summed E-state index contributed by atoms with van der Waals surface area (Å²) in [5.41, 5.74) is 1.87. The van der Waals surface area contributed by atoms with E-state index < -0.39 is 35.7 Å². The van der Waals surface area contributed by atoms with Crippen LogP contribution in [-0.2, 0) is 23.9 Å². The molecule has 0 saturated carbocycles. The lowest BCUT2D eigenvalue weighted by Crippen LogP contribution is -2.55. The number of nitrogens with zero attached hydrogens (tertiary/aromatic N) is 1. The highest BCUT2D eigenvalue weighted by molar-refractivity contribution is 5.92. The number of benzene rings is 1. The van der Waals surface area contributed by atoms with Crippen LogP contribution in [0.4, 0.5) is 4.79 Å². The minimum absolute atomic E-state index is 0.0262. The smallest absolute Gasteiger partial charge is 0.408 e. The summed E-state index contributed by atoms with van der Waals surface area (Å²) in [6.07, 6.45) is 2.97. The second-order valence-corrected chi connectivity index (χ2v) is 11.6. The van der Waals surface area contributed by atoms with Gasteiger partial charge in [0.25, 0.3) is 0 Å². The number of alkyl carbamates (subject to hydrolysis) is 1. The first-order chi connectivity index (χ1) is 18.7. The number of hydrogen-bond acceptors (Lipinski definition) is 6. The van der Waals surface area contributed by atoms with Crippen LogP contribution < -0.4 is 10.6 Å². The molecular weight excluding hydrogens is 510 g/mol. The quantitative estimate of drug-likeness (QED) is 0.220. The normalized spacial score (nSPS) is 12.8. The van der Waals surface area contributed by atoms with E-state index in [0.29, 0.717) is 18.5 Å². The monoisotopic (exact) mass is 561 g/mol. The zero-order valence-corrected chi connectivity index (χ0v) is 26.0. The molecule has 0 heterocycles. The van der Waals surface area contributed by atoms with Crippen molar-refractivity contribution in [2.45, 2.75) is 112 Å². The van der Waals surface area contributed by atoms with Gasteiger partial charge in [0.15, 0.2) is 0 Å². The number of carbonyl (C=O) groups excluding carboxylic acids is 4. The molecule has 226 valence electrons. The van der Waals surface area contributed by atoms with Crippen LogP contribution in [0.2, 0.25) is 0 Å². The second-order valence-electron chi connectivity index (χ2n) is 11.6. The molecule has 1 rings (SSSR count). The van der Waals surface area contributed by atoms with E-state index in [9.17, 15) is 19.2 Å². The van der Waals surface area contributed by atoms with Crippen molar-refractivity contribution in [3.05, 3.63) is 34.9 Å². The molecule has 0 fully saturated rings. The van der Waals surface area contributed by atoms with Crippen molar-refractivity contribution in [2.24, 2.45) is 5.92 Å². The SMILES string of the molecule is CCCCCCN(C(=O)C(NC(=O)OC(C)(C)C)C(C)C)C(C(=O)NCCC(=O)OCC)c1cc(C)cc(C)c1. The van der Waals surface area contributed by atoms with Crippen molar-refractivity contribution in [3.8, 4) is 0 Å².